The third-order valence-corrected chi connectivity index (χ3v) is 3.06. The summed E-state index contributed by atoms with van der Waals surface area (Å²) in [6.45, 7) is 14.6. The maximum absolute atomic E-state index is 5.83. The third kappa shape index (κ3) is 3.02. The van der Waals surface area contributed by atoms with Gasteiger partial charge in [-0.1, -0.05) is 41.5 Å². The highest BCUT2D eigenvalue weighted by molar-refractivity contribution is 5.31. The molecule has 1 atom stereocenters. The van der Waals surface area contributed by atoms with Crippen molar-refractivity contribution in [3.63, 3.8) is 0 Å². The molecule has 0 saturated carbocycles. The second kappa shape index (κ2) is 5.56. The van der Waals surface area contributed by atoms with E-state index in [-0.39, 0.29) is 5.41 Å². The van der Waals surface area contributed by atoms with Crippen molar-refractivity contribution < 1.29 is 4.74 Å². The average Bonchev–Trinajstić information content (AvgIpc) is 2.73. The molecule has 0 amide bonds. The maximum Gasteiger partial charge on any atom is 0.215 e. The summed E-state index contributed by atoms with van der Waals surface area (Å²) in [4.78, 5) is 0. The number of ether oxygens (including phenoxy) is 1. The van der Waals surface area contributed by atoms with Crippen LogP contribution in [0.15, 0.2) is 6.20 Å². The van der Waals surface area contributed by atoms with Crippen LogP contribution in [0.1, 0.15) is 53.5 Å². The smallest absolute Gasteiger partial charge is 0.215 e. The van der Waals surface area contributed by atoms with Gasteiger partial charge in [-0.3, -0.25) is 0 Å². The van der Waals surface area contributed by atoms with Crippen molar-refractivity contribution in [2.75, 3.05) is 6.61 Å². The predicted molar refractivity (Wildman–Crippen MR) is 71.6 cm³/mol. The molecule has 1 aliphatic rings. The van der Waals surface area contributed by atoms with E-state index in [0.29, 0.717) is 5.92 Å². The van der Waals surface area contributed by atoms with Gasteiger partial charge in [-0.15, -0.1) is 0 Å². The fourth-order valence-corrected chi connectivity index (χ4v) is 1.91. The third-order valence-electron chi connectivity index (χ3n) is 3.06. The fraction of sp³-hybridized carbons (Fsp3) is 0.786. The number of nitrogens with zero attached hydrogens (tertiary/aromatic N) is 2. The highest BCUT2D eigenvalue weighted by Crippen LogP contribution is 2.34. The van der Waals surface area contributed by atoms with E-state index in [1.807, 2.05) is 24.7 Å². The summed E-state index contributed by atoms with van der Waals surface area (Å²) < 4.78 is 7.84. The van der Waals surface area contributed by atoms with E-state index < -0.39 is 0 Å². The van der Waals surface area contributed by atoms with E-state index in [1.54, 1.807) is 0 Å². The molecule has 0 bridgehead atoms. The van der Waals surface area contributed by atoms with E-state index in [1.165, 1.54) is 5.56 Å². The monoisotopic (exact) mass is 238 g/mol. The van der Waals surface area contributed by atoms with Gasteiger partial charge in [0.2, 0.25) is 5.88 Å². The van der Waals surface area contributed by atoms with Crippen LogP contribution in [0.3, 0.4) is 0 Å². The summed E-state index contributed by atoms with van der Waals surface area (Å²) in [7, 11) is 0. The lowest BCUT2D eigenvalue weighted by Gasteiger charge is -2.26. The van der Waals surface area contributed by atoms with Crippen molar-refractivity contribution in [1.29, 1.82) is 0 Å². The van der Waals surface area contributed by atoms with Crippen LogP contribution in [-0.2, 0) is 12.0 Å². The molecule has 0 N–H and O–H groups in total. The first-order valence-electron chi connectivity index (χ1n) is 6.71. The second-order valence-corrected chi connectivity index (χ2v) is 5.38. The van der Waals surface area contributed by atoms with E-state index in [0.717, 1.165) is 25.5 Å². The number of hydrogen-bond acceptors (Lipinski definition) is 2. The first kappa shape index (κ1) is 14.1. The Morgan fingerprint density at radius 1 is 1.41 bits per heavy atom. The Morgan fingerprint density at radius 2 is 2.06 bits per heavy atom. The summed E-state index contributed by atoms with van der Waals surface area (Å²) in [5.41, 5.74) is 1.34. The SMILES string of the molecule is CC.CCC1COc2c(C(C)(C)C)cnn2C1. The molecule has 0 aromatic carbocycles. The molecule has 0 saturated heterocycles. The Balaban J connectivity index is 0.000000686. The average molecular weight is 238 g/mol. The van der Waals surface area contributed by atoms with Gasteiger partial charge in [0.15, 0.2) is 0 Å². The Bertz CT molecular complexity index is 350. The molecule has 1 aromatic heterocycles. The fourth-order valence-electron chi connectivity index (χ4n) is 1.91. The topological polar surface area (TPSA) is 27.1 Å². The number of hydrogen-bond donors (Lipinski definition) is 0. The minimum Gasteiger partial charge on any atom is -0.477 e. The summed E-state index contributed by atoms with van der Waals surface area (Å²) in [5, 5.41) is 4.41. The zero-order valence-corrected chi connectivity index (χ0v) is 12.1. The highest BCUT2D eigenvalue weighted by atomic mass is 16.5. The second-order valence-electron chi connectivity index (χ2n) is 5.38. The van der Waals surface area contributed by atoms with Crippen LogP contribution < -0.4 is 4.74 Å². The molecule has 2 heterocycles. The standard InChI is InChI=1S/C12H20N2O.C2H6/c1-5-9-7-14-11(15-8-9)10(6-13-14)12(2,3)4;1-2/h6,9H,5,7-8H2,1-4H3;1-2H3. The molecule has 0 aliphatic carbocycles. The highest BCUT2D eigenvalue weighted by Gasteiger charge is 2.27. The van der Waals surface area contributed by atoms with Crippen molar-refractivity contribution in [2.45, 2.75) is 59.9 Å². The molecular formula is C14H26N2O. The van der Waals surface area contributed by atoms with Crippen LogP contribution in [0.25, 0.3) is 0 Å². The van der Waals surface area contributed by atoms with Crippen LogP contribution in [-0.4, -0.2) is 16.4 Å². The van der Waals surface area contributed by atoms with E-state index in [2.05, 4.69) is 32.8 Å². The molecule has 0 fully saturated rings. The molecule has 1 aliphatic heterocycles. The lowest BCUT2D eigenvalue weighted by atomic mass is 9.89. The quantitative estimate of drug-likeness (QED) is 0.747. The van der Waals surface area contributed by atoms with Gasteiger partial charge in [-0.05, 0) is 11.8 Å². The van der Waals surface area contributed by atoms with Crippen molar-refractivity contribution in [3.8, 4) is 5.88 Å². The molecule has 3 heteroatoms. The van der Waals surface area contributed by atoms with Crippen molar-refractivity contribution >= 4 is 0 Å². The molecule has 98 valence electrons. The first-order chi connectivity index (χ1) is 8.02. The predicted octanol–water partition coefficient (Wildman–Crippen LogP) is 3.63. The summed E-state index contributed by atoms with van der Waals surface area (Å²) in [6, 6.07) is 0. The van der Waals surface area contributed by atoms with E-state index in [4.69, 9.17) is 4.74 Å². The molecule has 2 rings (SSSR count). The van der Waals surface area contributed by atoms with Crippen LogP contribution in [0.4, 0.5) is 0 Å². The number of fused-ring (bicyclic) bond motifs is 1. The van der Waals surface area contributed by atoms with Gasteiger partial charge in [0.05, 0.1) is 19.3 Å². The lowest BCUT2D eigenvalue weighted by Crippen LogP contribution is -2.26. The molecule has 1 aromatic rings. The Hall–Kier alpha value is -0.990. The zero-order chi connectivity index (χ0) is 13.1. The number of rotatable bonds is 1. The van der Waals surface area contributed by atoms with Gasteiger partial charge in [0, 0.05) is 11.5 Å². The lowest BCUT2D eigenvalue weighted by molar-refractivity contribution is 0.158. The van der Waals surface area contributed by atoms with Gasteiger partial charge >= 0.3 is 0 Å². The summed E-state index contributed by atoms with van der Waals surface area (Å²) in [6.07, 6.45) is 3.11. The Kier molecular flexibility index (Phi) is 4.61. The normalized spacial score (nSPS) is 18.8. The largest absolute Gasteiger partial charge is 0.477 e. The molecule has 1 unspecified atom stereocenters. The van der Waals surface area contributed by atoms with Crippen LogP contribution >= 0.6 is 0 Å². The van der Waals surface area contributed by atoms with Gasteiger partial charge < -0.3 is 4.74 Å². The van der Waals surface area contributed by atoms with Crippen LogP contribution in [0.2, 0.25) is 0 Å². The van der Waals surface area contributed by atoms with Gasteiger partial charge in [-0.25, -0.2) is 4.68 Å². The van der Waals surface area contributed by atoms with Gasteiger partial charge in [0.1, 0.15) is 0 Å². The summed E-state index contributed by atoms with van der Waals surface area (Å²) in [5.74, 6) is 1.59. The van der Waals surface area contributed by atoms with Crippen LogP contribution in [0.5, 0.6) is 5.88 Å². The molecule has 0 radical (unpaired) electrons. The Labute approximate surface area is 105 Å². The Morgan fingerprint density at radius 3 is 2.59 bits per heavy atom. The van der Waals surface area contributed by atoms with Crippen LogP contribution in [0, 0.1) is 5.92 Å². The van der Waals surface area contributed by atoms with E-state index >= 15 is 0 Å². The molecule has 17 heavy (non-hydrogen) atoms. The van der Waals surface area contributed by atoms with Gasteiger partial charge in [-0.2, -0.15) is 5.10 Å². The van der Waals surface area contributed by atoms with E-state index in [9.17, 15) is 0 Å². The minimum atomic E-state index is 0.118. The molecule has 0 spiro atoms. The van der Waals surface area contributed by atoms with Crippen molar-refractivity contribution in [2.24, 2.45) is 5.92 Å². The zero-order valence-electron chi connectivity index (χ0n) is 12.1. The maximum atomic E-state index is 5.83. The number of aromatic nitrogens is 2. The van der Waals surface area contributed by atoms with Gasteiger partial charge in [0.25, 0.3) is 0 Å². The minimum absolute atomic E-state index is 0.118. The molecular weight excluding hydrogens is 212 g/mol. The molecule has 3 nitrogen and oxygen atoms in total. The van der Waals surface area contributed by atoms with Crippen molar-refractivity contribution in [3.05, 3.63) is 11.8 Å². The van der Waals surface area contributed by atoms with Crippen molar-refractivity contribution in [1.82, 2.24) is 9.78 Å². The first-order valence-corrected chi connectivity index (χ1v) is 6.71. The summed E-state index contributed by atoms with van der Waals surface area (Å²) >= 11 is 0.